The Labute approximate surface area is 88.6 Å². The summed E-state index contributed by atoms with van der Waals surface area (Å²) in [5, 5.41) is 7.64. The van der Waals surface area contributed by atoms with Crippen LogP contribution in [-0.2, 0) is 7.05 Å². The monoisotopic (exact) mass is 208 g/mol. The first-order chi connectivity index (χ1) is 7.18. The fourth-order valence-electron chi connectivity index (χ4n) is 2.08. The Morgan fingerprint density at radius 2 is 2.53 bits per heavy atom. The van der Waals surface area contributed by atoms with Crippen LogP contribution in [0.25, 0.3) is 0 Å². The molecule has 0 unspecified atom stereocenters. The topological polar surface area (TPSA) is 72.9 Å². The molecule has 5 nitrogen and oxygen atoms in total. The number of piperidine rings is 1. The minimum absolute atomic E-state index is 0.322. The van der Waals surface area contributed by atoms with Crippen LogP contribution in [0.4, 0.5) is 0 Å². The lowest BCUT2D eigenvalue weighted by Crippen LogP contribution is -2.29. The summed E-state index contributed by atoms with van der Waals surface area (Å²) in [5.74, 6) is -0.0638. The first-order valence-electron chi connectivity index (χ1n) is 5.22. The molecule has 5 heteroatoms. The van der Waals surface area contributed by atoms with Gasteiger partial charge in [-0.15, -0.1) is 0 Å². The van der Waals surface area contributed by atoms with E-state index in [0.29, 0.717) is 11.5 Å². The lowest BCUT2D eigenvalue weighted by atomic mass is 9.94. The number of amides is 1. The molecular formula is C10H16N4O. The first kappa shape index (κ1) is 10.2. The van der Waals surface area contributed by atoms with Gasteiger partial charge in [-0.05, 0) is 19.4 Å². The number of primary amides is 1. The van der Waals surface area contributed by atoms with E-state index in [1.807, 2.05) is 7.05 Å². The van der Waals surface area contributed by atoms with Gasteiger partial charge in [-0.25, -0.2) is 0 Å². The molecule has 1 saturated heterocycles. The lowest BCUT2D eigenvalue weighted by Gasteiger charge is -2.21. The van der Waals surface area contributed by atoms with E-state index < -0.39 is 0 Å². The summed E-state index contributed by atoms with van der Waals surface area (Å²) in [6.45, 7) is 1.94. The molecule has 0 saturated carbocycles. The van der Waals surface area contributed by atoms with Crippen LogP contribution < -0.4 is 11.1 Å². The quantitative estimate of drug-likeness (QED) is 0.717. The molecule has 3 N–H and O–H groups in total. The third kappa shape index (κ3) is 2.02. The fourth-order valence-corrected chi connectivity index (χ4v) is 2.08. The van der Waals surface area contributed by atoms with Crippen molar-refractivity contribution >= 4 is 5.91 Å². The van der Waals surface area contributed by atoms with E-state index >= 15 is 0 Å². The van der Waals surface area contributed by atoms with Gasteiger partial charge in [0, 0.05) is 25.7 Å². The van der Waals surface area contributed by atoms with Crippen LogP contribution in [0, 0.1) is 0 Å². The number of rotatable bonds is 2. The molecule has 1 aliphatic heterocycles. The van der Waals surface area contributed by atoms with Crippen LogP contribution in [0.2, 0.25) is 0 Å². The van der Waals surface area contributed by atoms with E-state index in [4.69, 9.17) is 5.73 Å². The van der Waals surface area contributed by atoms with Crippen LogP contribution in [0.5, 0.6) is 0 Å². The van der Waals surface area contributed by atoms with E-state index in [1.165, 1.54) is 0 Å². The van der Waals surface area contributed by atoms with Crippen molar-refractivity contribution in [3.63, 3.8) is 0 Å². The molecule has 0 radical (unpaired) electrons. The van der Waals surface area contributed by atoms with Gasteiger partial charge in [-0.1, -0.05) is 0 Å². The lowest BCUT2D eigenvalue weighted by molar-refractivity contribution is 0.0998. The zero-order chi connectivity index (χ0) is 10.8. The summed E-state index contributed by atoms with van der Waals surface area (Å²) in [5.41, 5.74) is 6.73. The van der Waals surface area contributed by atoms with Crippen molar-refractivity contribution in [2.24, 2.45) is 12.8 Å². The normalized spacial score (nSPS) is 21.5. The fraction of sp³-hybridized carbons (Fsp3) is 0.600. The summed E-state index contributed by atoms with van der Waals surface area (Å²) < 4.78 is 1.66. The smallest absolute Gasteiger partial charge is 0.252 e. The predicted octanol–water partition coefficient (Wildman–Crippen LogP) is -0.0140. The van der Waals surface area contributed by atoms with E-state index in [2.05, 4.69) is 10.4 Å². The molecular weight excluding hydrogens is 192 g/mol. The standard InChI is InChI=1S/C10H16N4O/c1-14-6-8(10(11)15)9(13-14)7-3-2-4-12-5-7/h6-7,12H,2-5H2,1H3,(H2,11,15)/t7-/m1/s1. The second kappa shape index (κ2) is 4.02. The molecule has 1 amide bonds. The Bertz CT molecular complexity index is 365. The van der Waals surface area contributed by atoms with Crippen molar-refractivity contribution in [1.82, 2.24) is 15.1 Å². The van der Waals surface area contributed by atoms with Gasteiger partial charge < -0.3 is 11.1 Å². The molecule has 1 aromatic heterocycles. The Kier molecular flexibility index (Phi) is 2.73. The molecule has 0 spiro atoms. The number of nitrogens with zero attached hydrogens (tertiary/aromatic N) is 2. The minimum atomic E-state index is -0.385. The molecule has 0 aromatic carbocycles. The third-order valence-electron chi connectivity index (χ3n) is 2.81. The van der Waals surface area contributed by atoms with Crippen LogP contribution in [0.1, 0.15) is 34.8 Å². The molecule has 1 aromatic rings. The number of aryl methyl sites for hydroxylation is 1. The molecule has 2 heterocycles. The van der Waals surface area contributed by atoms with Gasteiger partial charge in [0.2, 0.25) is 0 Å². The highest BCUT2D eigenvalue weighted by molar-refractivity contribution is 5.93. The molecule has 1 fully saturated rings. The predicted molar refractivity (Wildman–Crippen MR) is 56.6 cm³/mol. The highest BCUT2D eigenvalue weighted by Crippen LogP contribution is 2.24. The van der Waals surface area contributed by atoms with Gasteiger partial charge in [-0.2, -0.15) is 5.10 Å². The molecule has 0 aliphatic carbocycles. The van der Waals surface area contributed by atoms with E-state index in [0.717, 1.165) is 31.6 Å². The zero-order valence-electron chi connectivity index (χ0n) is 8.86. The van der Waals surface area contributed by atoms with Crippen molar-refractivity contribution in [2.45, 2.75) is 18.8 Å². The van der Waals surface area contributed by atoms with Crippen LogP contribution >= 0.6 is 0 Å². The maximum atomic E-state index is 11.2. The molecule has 15 heavy (non-hydrogen) atoms. The molecule has 1 aliphatic rings. The van der Waals surface area contributed by atoms with Crippen molar-refractivity contribution in [3.05, 3.63) is 17.5 Å². The maximum Gasteiger partial charge on any atom is 0.252 e. The number of nitrogens with two attached hydrogens (primary N) is 1. The van der Waals surface area contributed by atoms with Gasteiger partial charge in [-0.3, -0.25) is 9.48 Å². The Balaban J connectivity index is 2.28. The van der Waals surface area contributed by atoms with Crippen LogP contribution in [-0.4, -0.2) is 28.8 Å². The van der Waals surface area contributed by atoms with Crippen molar-refractivity contribution < 1.29 is 4.79 Å². The second-order valence-corrected chi connectivity index (χ2v) is 4.01. The van der Waals surface area contributed by atoms with Crippen molar-refractivity contribution in [1.29, 1.82) is 0 Å². The van der Waals surface area contributed by atoms with Crippen molar-refractivity contribution in [2.75, 3.05) is 13.1 Å². The number of hydrogen-bond acceptors (Lipinski definition) is 3. The minimum Gasteiger partial charge on any atom is -0.365 e. The average Bonchev–Trinajstić information content (AvgIpc) is 2.62. The van der Waals surface area contributed by atoms with E-state index in [9.17, 15) is 4.79 Å². The number of carbonyl (C=O) groups is 1. The Morgan fingerprint density at radius 1 is 1.73 bits per heavy atom. The zero-order valence-corrected chi connectivity index (χ0v) is 8.86. The maximum absolute atomic E-state index is 11.2. The average molecular weight is 208 g/mol. The number of aromatic nitrogens is 2. The van der Waals surface area contributed by atoms with Crippen LogP contribution in [0.3, 0.4) is 0 Å². The second-order valence-electron chi connectivity index (χ2n) is 4.01. The highest BCUT2D eigenvalue weighted by atomic mass is 16.1. The Hall–Kier alpha value is -1.36. The van der Waals surface area contributed by atoms with E-state index in [1.54, 1.807) is 10.9 Å². The highest BCUT2D eigenvalue weighted by Gasteiger charge is 2.23. The molecule has 2 rings (SSSR count). The van der Waals surface area contributed by atoms with Gasteiger partial charge in [0.1, 0.15) is 0 Å². The number of carbonyl (C=O) groups excluding carboxylic acids is 1. The summed E-state index contributed by atoms with van der Waals surface area (Å²) in [6, 6.07) is 0. The number of nitrogens with one attached hydrogen (secondary N) is 1. The SMILES string of the molecule is Cn1cc(C(N)=O)c([C@@H]2CCCNC2)n1. The molecule has 0 bridgehead atoms. The van der Waals surface area contributed by atoms with Gasteiger partial charge in [0.25, 0.3) is 5.91 Å². The van der Waals surface area contributed by atoms with E-state index in [-0.39, 0.29) is 5.91 Å². The van der Waals surface area contributed by atoms with Crippen molar-refractivity contribution in [3.8, 4) is 0 Å². The third-order valence-corrected chi connectivity index (χ3v) is 2.81. The van der Waals surface area contributed by atoms with Gasteiger partial charge in [0.05, 0.1) is 11.3 Å². The largest absolute Gasteiger partial charge is 0.365 e. The summed E-state index contributed by atoms with van der Waals surface area (Å²) in [7, 11) is 1.81. The first-order valence-corrected chi connectivity index (χ1v) is 5.22. The number of hydrogen-bond donors (Lipinski definition) is 2. The Morgan fingerprint density at radius 3 is 3.13 bits per heavy atom. The summed E-state index contributed by atoms with van der Waals surface area (Å²) >= 11 is 0. The van der Waals surface area contributed by atoms with Crippen LogP contribution in [0.15, 0.2) is 6.20 Å². The van der Waals surface area contributed by atoms with Gasteiger partial charge in [0.15, 0.2) is 0 Å². The molecule has 1 atom stereocenters. The van der Waals surface area contributed by atoms with Gasteiger partial charge >= 0.3 is 0 Å². The molecule has 82 valence electrons. The summed E-state index contributed by atoms with van der Waals surface area (Å²) in [6.07, 6.45) is 3.90. The summed E-state index contributed by atoms with van der Waals surface area (Å²) in [4.78, 5) is 11.2.